The van der Waals surface area contributed by atoms with Crippen LogP contribution in [0.25, 0.3) is 0 Å². The van der Waals surface area contributed by atoms with Crippen LogP contribution in [0.1, 0.15) is 18.4 Å². The van der Waals surface area contributed by atoms with Crippen LogP contribution in [0.4, 0.5) is 0 Å². The third kappa shape index (κ3) is 4.52. The highest BCUT2D eigenvalue weighted by atomic mass is 16.5. The van der Waals surface area contributed by atoms with Gasteiger partial charge >= 0.3 is 0 Å². The van der Waals surface area contributed by atoms with Crippen LogP contribution < -0.4 is 4.74 Å². The third-order valence-corrected chi connectivity index (χ3v) is 3.73. The smallest absolute Gasteiger partial charge is 0.119 e. The fourth-order valence-corrected chi connectivity index (χ4v) is 2.50. The molecule has 0 spiro atoms. The van der Waals surface area contributed by atoms with Crippen molar-refractivity contribution in [1.29, 1.82) is 5.26 Å². The van der Waals surface area contributed by atoms with Crippen LogP contribution in [0.2, 0.25) is 0 Å². The number of benzene rings is 1. The average molecular weight is 274 g/mol. The second kappa shape index (κ2) is 7.28. The number of rotatable bonds is 7. The van der Waals surface area contributed by atoms with Crippen molar-refractivity contribution in [3.8, 4) is 11.8 Å². The molecule has 0 atom stereocenters. The number of nitrogens with zero attached hydrogens (tertiary/aromatic N) is 2. The van der Waals surface area contributed by atoms with E-state index in [4.69, 9.17) is 10.00 Å². The molecule has 1 aliphatic carbocycles. The van der Waals surface area contributed by atoms with Crippen LogP contribution in [0.5, 0.6) is 5.75 Å². The van der Waals surface area contributed by atoms with Gasteiger partial charge in [0, 0.05) is 13.1 Å². The maximum absolute atomic E-state index is 9.25. The van der Waals surface area contributed by atoms with Gasteiger partial charge in [-0.3, -0.25) is 0 Å². The summed E-state index contributed by atoms with van der Waals surface area (Å²) in [6, 6.07) is 9.81. The van der Waals surface area contributed by atoms with Gasteiger partial charge in [0.05, 0.1) is 18.6 Å². The number of hydrogen-bond donors (Lipinski definition) is 1. The van der Waals surface area contributed by atoms with E-state index in [-0.39, 0.29) is 6.10 Å². The number of nitriles is 1. The minimum atomic E-state index is -0.0726. The maximum atomic E-state index is 9.25. The van der Waals surface area contributed by atoms with Crippen LogP contribution in [0, 0.1) is 17.2 Å². The summed E-state index contributed by atoms with van der Waals surface area (Å²) in [6.45, 7) is 2.57. The molecule has 0 aliphatic heterocycles. The fourth-order valence-electron chi connectivity index (χ4n) is 2.50. The van der Waals surface area contributed by atoms with Gasteiger partial charge in [0.15, 0.2) is 0 Å². The maximum Gasteiger partial charge on any atom is 0.119 e. The molecule has 1 aromatic carbocycles. The summed E-state index contributed by atoms with van der Waals surface area (Å²) in [5.74, 6) is 1.49. The van der Waals surface area contributed by atoms with E-state index in [1.807, 2.05) is 24.3 Å². The molecule has 1 aliphatic rings. The van der Waals surface area contributed by atoms with E-state index in [1.165, 1.54) is 0 Å². The molecule has 20 heavy (non-hydrogen) atoms. The van der Waals surface area contributed by atoms with Crippen molar-refractivity contribution in [3.05, 3.63) is 29.8 Å². The van der Waals surface area contributed by atoms with Crippen molar-refractivity contribution in [2.45, 2.75) is 25.4 Å². The van der Waals surface area contributed by atoms with E-state index in [2.05, 4.69) is 18.0 Å². The normalized spacial score (nSPS) is 21.3. The molecule has 0 unspecified atom stereocenters. The van der Waals surface area contributed by atoms with Gasteiger partial charge in [-0.05, 0) is 43.5 Å². The van der Waals surface area contributed by atoms with E-state index in [0.29, 0.717) is 18.9 Å². The summed E-state index contributed by atoms with van der Waals surface area (Å²) < 4.78 is 5.69. The molecule has 0 amide bonds. The van der Waals surface area contributed by atoms with E-state index >= 15 is 0 Å². The number of likely N-dealkylation sites (N-methyl/N-ethyl adjacent to an activating group) is 1. The monoisotopic (exact) mass is 274 g/mol. The summed E-state index contributed by atoms with van der Waals surface area (Å²) >= 11 is 0. The minimum absolute atomic E-state index is 0.0726. The Morgan fingerprint density at radius 2 is 2.05 bits per heavy atom. The Morgan fingerprint density at radius 1 is 1.35 bits per heavy atom. The largest absolute Gasteiger partial charge is 0.492 e. The molecule has 0 saturated heterocycles. The van der Waals surface area contributed by atoms with Gasteiger partial charge in [-0.15, -0.1) is 0 Å². The second-order valence-corrected chi connectivity index (χ2v) is 5.58. The van der Waals surface area contributed by atoms with Crippen molar-refractivity contribution < 1.29 is 9.84 Å². The van der Waals surface area contributed by atoms with Gasteiger partial charge in [0.2, 0.25) is 0 Å². The van der Waals surface area contributed by atoms with Crippen molar-refractivity contribution in [2.75, 3.05) is 26.7 Å². The first-order valence-electron chi connectivity index (χ1n) is 7.12. The van der Waals surface area contributed by atoms with Gasteiger partial charge in [0.1, 0.15) is 12.4 Å². The highest BCUT2D eigenvalue weighted by Gasteiger charge is 2.27. The Bertz CT molecular complexity index is 447. The molecule has 0 radical (unpaired) electrons. The topological polar surface area (TPSA) is 56.5 Å². The summed E-state index contributed by atoms with van der Waals surface area (Å²) in [5.41, 5.74) is 1.01. The van der Waals surface area contributed by atoms with E-state index in [0.717, 1.165) is 37.2 Å². The van der Waals surface area contributed by atoms with Gasteiger partial charge in [0.25, 0.3) is 0 Å². The molecule has 1 N–H and O–H groups in total. The molecule has 108 valence electrons. The van der Waals surface area contributed by atoms with E-state index in [9.17, 15) is 5.11 Å². The Kier molecular flexibility index (Phi) is 5.40. The third-order valence-electron chi connectivity index (χ3n) is 3.73. The van der Waals surface area contributed by atoms with E-state index in [1.54, 1.807) is 0 Å². The summed E-state index contributed by atoms with van der Waals surface area (Å²) in [5, 5.41) is 17.9. The van der Waals surface area contributed by atoms with Gasteiger partial charge < -0.3 is 14.7 Å². The van der Waals surface area contributed by atoms with Crippen molar-refractivity contribution in [1.82, 2.24) is 4.90 Å². The Balaban J connectivity index is 1.63. The zero-order chi connectivity index (χ0) is 14.4. The fraction of sp³-hybridized carbons (Fsp3) is 0.562. The van der Waals surface area contributed by atoms with Gasteiger partial charge in [-0.1, -0.05) is 12.1 Å². The van der Waals surface area contributed by atoms with Crippen LogP contribution in [0.3, 0.4) is 0 Å². The molecule has 1 saturated carbocycles. The lowest BCUT2D eigenvalue weighted by molar-refractivity contribution is 0.0269. The molecular formula is C16H22N2O2. The van der Waals surface area contributed by atoms with E-state index < -0.39 is 0 Å². The molecule has 1 aromatic rings. The first-order chi connectivity index (χ1) is 9.67. The predicted molar refractivity (Wildman–Crippen MR) is 77.5 cm³/mol. The molecule has 0 aromatic heterocycles. The predicted octanol–water partition coefficient (Wildman–Crippen LogP) is 1.83. The zero-order valence-corrected chi connectivity index (χ0v) is 12.0. The van der Waals surface area contributed by atoms with Gasteiger partial charge in [-0.2, -0.15) is 5.26 Å². The molecule has 4 nitrogen and oxygen atoms in total. The quantitative estimate of drug-likeness (QED) is 0.824. The van der Waals surface area contributed by atoms with Crippen molar-refractivity contribution in [2.24, 2.45) is 5.92 Å². The number of ether oxygens (including phenoxy) is 1. The molecule has 0 heterocycles. The lowest BCUT2D eigenvalue weighted by atomic mass is 9.82. The Hall–Kier alpha value is -1.57. The van der Waals surface area contributed by atoms with Crippen LogP contribution in [-0.4, -0.2) is 42.9 Å². The highest BCUT2D eigenvalue weighted by molar-refractivity contribution is 5.28. The summed E-state index contributed by atoms with van der Waals surface area (Å²) in [7, 11) is 2.09. The summed E-state index contributed by atoms with van der Waals surface area (Å²) in [4.78, 5) is 2.25. The summed E-state index contributed by atoms with van der Waals surface area (Å²) in [6.07, 6.45) is 2.24. The highest BCUT2D eigenvalue weighted by Crippen LogP contribution is 2.27. The lowest BCUT2D eigenvalue weighted by Gasteiger charge is -2.34. The SMILES string of the molecule is CN(CCOc1ccc(CC#N)cc1)CC1CC(O)C1. The number of aliphatic hydroxyl groups excluding tert-OH is 1. The van der Waals surface area contributed by atoms with Crippen LogP contribution in [-0.2, 0) is 6.42 Å². The Labute approximate surface area is 120 Å². The molecule has 1 fully saturated rings. The van der Waals surface area contributed by atoms with Crippen LogP contribution in [0.15, 0.2) is 24.3 Å². The van der Waals surface area contributed by atoms with Crippen molar-refractivity contribution in [3.63, 3.8) is 0 Å². The standard InChI is InChI=1S/C16H22N2O2/c1-18(12-14-10-15(19)11-14)8-9-20-16-4-2-13(3-5-16)6-7-17/h2-5,14-15,19H,6,8-12H2,1H3. The average Bonchev–Trinajstić information content (AvgIpc) is 2.39. The minimum Gasteiger partial charge on any atom is -0.492 e. The molecule has 2 rings (SSSR count). The van der Waals surface area contributed by atoms with Crippen molar-refractivity contribution >= 4 is 0 Å². The van der Waals surface area contributed by atoms with Crippen LogP contribution >= 0.6 is 0 Å². The molecule has 4 heteroatoms. The Morgan fingerprint density at radius 3 is 2.65 bits per heavy atom. The number of hydrogen-bond acceptors (Lipinski definition) is 4. The second-order valence-electron chi connectivity index (χ2n) is 5.58. The lowest BCUT2D eigenvalue weighted by Crippen LogP contribution is -2.38. The molecular weight excluding hydrogens is 252 g/mol. The van der Waals surface area contributed by atoms with Gasteiger partial charge in [-0.25, -0.2) is 0 Å². The molecule has 0 bridgehead atoms. The first-order valence-corrected chi connectivity index (χ1v) is 7.12. The first kappa shape index (κ1) is 14.8. The zero-order valence-electron chi connectivity index (χ0n) is 12.0. The number of aliphatic hydroxyl groups is 1.